The molecule has 0 spiro atoms. The quantitative estimate of drug-likeness (QED) is 0.858. The molecular weight excluding hydrogens is 256 g/mol. The number of hydrogen-bond donors (Lipinski definition) is 0. The first-order chi connectivity index (χ1) is 8.74. The fourth-order valence-electron chi connectivity index (χ4n) is 2.28. The molecule has 1 unspecified atom stereocenters. The van der Waals surface area contributed by atoms with Crippen molar-refractivity contribution in [2.75, 3.05) is 5.75 Å². The zero-order valence-corrected chi connectivity index (χ0v) is 10.5. The lowest BCUT2D eigenvalue weighted by Gasteiger charge is -2.07. The minimum absolute atomic E-state index is 0.0861. The van der Waals surface area contributed by atoms with E-state index in [-0.39, 0.29) is 5.92 Å². The molecule has 2 aromatic rings. The van der Waals surface area contributed by atoms with Crippen LogP contribution in [-0.2, 0) is 0 Å². The molecule has 1 aliphatic carbocycles. The van der Waals surface area contributed by atoms with Crippen molar-refractivity contribution in [1.29, 1.82) is 0 Å². The van der Waals surface area contributed by atoms with Gasteiger partial charge in [0.25, 0.3) is 0 Å². The smallest absolute Gasteiger partial charge is 0.131 e. The van der Waals surface area contributed by atoms with Crippen LogP contribution in [-0.4, -0.2) is 32.5 Å². The second kappa shape index (κ2) is 4.84. The standard InChI is InChI=1S/C12H13F2N3S/c13-9-5-8(6-10(9)14)7-18-17-12-4-2-1-3-11(12)15-16-17/h1-4,8-10H,5-7H2/t8?,9-,10+. The second-order valence-electron chi connectivity index (χ2n) is 4.62. The Hall–Kier alpha value is -1.17. The molecule has 0 saturated heterocycles. The molecule has 3 atom stereocenters. The number of aromatic nitrogens is 3. The van der Waals surface area contributed by atoms with E-state index < -0.39 is 12.3 Å². The van der Waals surface area contributed by atoms with E-state index in [0.29, 0.717) is 18.6 Å². The fraction of sp³-hybridized carbons (Fsp3) is 0.500. The summed E-state index contributed by atoms with van der Waals surface area (Å²) in [6.45, 7) is 0. The van der Waals surface area contributed by atoms with E-state index in [1.54, 1.807) is 4.09 Å². The summed E-state index contributed by atoms with van der Waals surface area (Å²) in [6, 6.07) is 7.66. The molecule has 1 heterocycles. The molecule has 18 heavy (non-hydrogen) atoms. The molecule has 6 heteroatoms. The molecule has 3 rings (SSSR count). The molecule has 1 aromatic carbocycles. The van der Waals surface area contributed by atoms with Crippen LogP contribution in [0.5, 0.6) is 0 Å². The topological polar surface area (TPSA) is 30.7 Å². The number of rotatable bonds is 3. The monoisotopic (exact) mass is 269 g/mol. The first-order valence-electron chi connectivity index (χ1n) is 5.96. The Bertz CT molecular complexity index is 535. The third kappa shape index (κ3) is 2.21. The molecule has 1 aliphatic rings. The van der Waals surface area contributed by atoms with Gasteiger partial charge in [-0.05, 0) is 42.8 Å². The van der Waals surface area contributed by atoms with Crippen LogP contribution in [0.3, 0.4) is 0 Å². The summed E-state index contributed by atoms with van der Waals surface area (Å²) < 4.78 is 27.9. The summed E-state index contributed by atoms with van der Waals surface area (Å²) in [6.07, 6.45) is -1.94. The van der Waals surface area contributed by atoms with Crippen molar-refractivity contribution in [1.82, 2.24) is 14.4 Å². The zero-order chi connectivity index (χ0) is 12.5. The summed E-state index contributed by atoms with van der Waals surface area (Å²) >= 11 is 1.47. The molecule has 1 fully saturated rings. The van der Waals surface area contributed by atoms with Crippen LogP contribution in [0.25, 0.3) is 11.0 Å². The zero-order valence-electron chi connectivity index (χ0n) is 9.67. The van der Waals surface area contributed by atoms with Gasteiger partial charge in [-0.15, -0.1) is 5.10 Å². The lowest BCUT2D eigenvalue weighted by atomic mass is 10.1. The Morgan fingerprint density at radius 1 is 1.22 bits per heavy atom. The minimum atomic E-state index is -1.29. The van der Waals surface area contributed by atoms with Crippen LogP contribution in [0.4, 0.5) is 8.78 Å². The van der Waals surface area contributed by atoms with Gasteiger partial charge in [0.15, 0.2) is 0 Å². The molecule has 0 radical (unpaired) electrons. The number of hydrogen-bond acceptors (Lipinski definition) is 3. The summed E-state index contributed by atoms with van der Waals surface area (Å²) in [7, 11) is 0. The average molecular weight is 269 g/mol. The third-order valence-corrected chi connectivity index (χ3v) is 4.40. The Labute approximate surface area is 108 Å². The number of halogens is 2. The number of para-hydroxylation sites is 1. The van der Waals surface area contributed by atoms with Gasteiger partial charge in [0, 0.05) is 5.75 Å². The van der Waals surface area contributed by atoms with Crippen LogP contribution in [0.15, 0.2) is 24.3 Å². The maximum Gasteiger partial charge on any atom is 0.131 e. The van der Waals surface area contributed by atoms with E-state index in [2.05, 4.69) is 10.3 Å². The first kappa shape index (κ1) is 11.9. The molecule has 1 aromatic heterocycles. The Morgan fingerprint density at radius 2 is 1.94 bits per heavy atom. The van der Waals surface area contributed by atoms with Crippen LogP contribution in [0.1, 0.15) is 12.8 Å². The highest BCUT2D eigenvalue weighted by molar-refractivity contribution is 7.97. The predicted octanol–water partition coefficient (Wildman–Crippen LogP) is 3.01. The summed E-state index contributed by atoms with van der Waals surface area (Å²) in [5, 5.41) is 8.07. The van der Waals surface area contributed by atoms with Crippen LogP contribution in [0, 0.1) is 5.92 Å². The number of alkyl halides is 2. The molecular formula is C12H13F2N3S. The van der Waals surface area contributed by atoms with Crippen molar-refractivity contribution >= 4 is 23.0 Å². The fourth-order valence-corrected chi connectivity index (χ4v) is 3.29. The second-order valence-corrected chi connectivity index (χ2v) is 5.55. The highest BCUT2D eigenvalue weighted by Crippen LogP contribution is 2.33. The minimum Gasteiger partial charge on any atom is -0.244 e. The third-order valence-electron chi connectivity index (χ3n) is 3.26. The average Bonchev–Trinajstić information content (AvgIpc) is 2.92. The van der Waals surface area contributed by atoms with Gasteiger partial charge in [-0.3, -0.25) is 0 Å². The van der Waals surface area contributed by atoms with E-state index in [1.807, 2.05) is 24.3 Å². The maximum absolute atomic E-state index is 13.1. The summed E-state index contributed by atoms with van der Waals surface area (Å²) in [5.41, 5.74) is 1.78. The summed E-state index contributed by atoms with van der Waals surface area (Å²) in [5.74, 6) is 0.761. The van der Waals surface area contributed by atoms with E-state index in [1.165, 1.54) is 11.9 Å². The van der Waals surface area contributed by atoms with E-state index in [4.69, 9.17) is 0 Å². The molecule has 0 amide bonds. The van der Waals surface area contributed by atoms with Gasteiger partial charge in [-0.25, -0.2) is 8.78 Å². The number of benzene rings is 1. The van der Waals surface area contributed by atoms with Gasteiger partial charge in [-0.1, -0.05) is 17.3 Å². The molecule has 0 bridgehead atoms. The van der Waals surface area contributed by atoms with Gasteiger partial charge in [-0.2, -0.15) is 4.09 Å². The van der Waals surface area contributed by atoms with Crippen molar-refractivity contribution in [3.05, 3.63) is 24.3 Å². The highest BCUT2D eigenvalue weighted by atomic mass is 32.2. The highest BCUT2D eigenvalue weighted by Gasteiger charge is 2.34. The van der Waals surface area contributed by atoms with Crippen LogP contribution in [0.2, 0.25) is 0 Å². The first-order valence-corrected chi connectivity index (χ1v) is 6.90. The van der Waals surface area contributed by atoms with Crippen molar-refractivity contribution in [2.45, 2.75) is 25.2 Å². The number of nitrogens with zero attached hydrogens (tertiary/aromatic N) is 3. The number of fused-ring (bicyclic) bond motifs is 1. The molecule has 0 aliphatic heterocycles. The molecule has 0 N–H and O–H groups in total. The van der Waals surface area contributed by atoms with E-state index in [0.717, 1.165) is 11.0 Å². The summed E-state index contributed by atoms with van der Waals surface area (Å²) in [4.78, 5) is 0. The Morgan fingerprint density at radius 3 is 2.72 bits per heavy atom. The normalized spacial score (nSPS) is 28.0. The molecule has 3 nitrogen and oxygen atoms in total. The molecule has 1 saturated carbocycles. The van der Waals surface area contributed by atoms with Crippen molar-refractivity contribution in [3.63, 3.8) is 0 Å². The van der Waals surface area contributed by atoms with Gasteiger partial charge in [0.2, 0.25) is 0 Å². The Balaban J connectivity index is 1.67. The van der Waals surface area contributed by atoms with E-state index >= 15 is 0 Å². The van der Waals surface area contributed by atoms with Crippen molar-refractivity contribution in [2.24, 2.45) is 5.92 Å². The van der Waals surface area contributed by atoms with Crippen LogP contribution < -0.4 is 0 Å². The Kier molecular flexibility index (Phi) is 3.20. The van der Waals surface area contributed by atoms with Crippen molar-refractivity contribution < 1.29 is 8.78 Å². The van der Waals surface area contributed by atoms with Gasteiger partial charge >= 0.3 is 0 Å². The SMILES string of the molecule is F[C@@H]1CC(CSn2nnc3ccccc32)C[C@@H]1F. The van der Waals surface area contributed by atoms with Crippen molar-refractivity contribution in [3.8, 4) is 0 Å². The molecule has 96 valence electrons. The predicted molar refractivity (Wildman–Crippen MR) is 67.9 cm³/mol. The lowest BCUT2D eigenvalue weighted by Crippen LogP contribution is -2.06. The van der Waals surface area contributed by atoms with Gasteiger partial charge in [0.1, 0.15) is 23.4 Å². The van der Waals surface area contributed by atoms with E-state index in [9.17, 15) is 8.78 Å². The maximum atomic E-state index is 13.1. The van der Waals surface area contributed by atoms with Gasteiger partial charge < -0.3 is 0 Å². The lowest BCUT2D eigenvalue weighted by molar-refractivity contribution is 0.199. The van der Waals surface area contributed by atoms with Crippen LogP contribution >= 0.6 is 11.9 Å². The van der Waals surface area contributed by atoms with Gasteiger partial charge in [0.05, 0.1) is 0 Å². The largest absolute Gasteiger partial charge is 0.244 e.